The summed E-state index contributed by atoms with van der Waals surface area (Å²) in [5.74, 6) is 2.35. The lowest BCUT2D eigenvalue weighted by Crippen LogP contribution is -2.03. The molecular formula is C21H18N2O4. The second-order valence-electron chi connectivity index (χ2n) is 5.87. The predicted molar refractivity (Wildman–Crippen MR) is 103 cm³/mol. The maximum absolute atomic E-state index is 8.98. The monoisotopic (exact) mass is 362 g/mol. The van der Waals surface area contributed by atoms with Crippen LogP contribution in [0, 0.1) is 0 Å². The number of aromatic nitrogens is 2. The number of hydrogen-bond acceptors (Lipinski definition) is 6. The van der Waals surface area contributed by atoms with Gasteiger partial charge in [0.2, 0.25) is 0 Å². The van der Waals surface area contributed by atoms with E-state index >= 15 is 0 Å². The minimum absolute atomic E-state index is 0.0767. The molecule has 0 aliphatic rings. The van der Waals surface area contributed by atoms with Gasteiger partial charge in [-0.1, -0.05) is 18.2 Å². The molecule has 0 fully saturated rings. The molecule has 0 spiro atoms. The molecule has 6 nitrogen and oxygen atoms in total. The molecule has 136 valence electrons. The van der Waals surface area contributed by atoms with Crippen LogP contribution in [0.5, 0.6) is 23.0 Å². The van der Waals surface area contributed by atoms with Crippen molar-refractivity contribution >= 4 is 21.8 Å². The quantitative estimate of drug-likeness (QED) is 0.560. The molecule has 0 amide bonds. The highest BCUT2D eigenvalue weighted by Gasteiger charge is 2.12. The van der Waals surface area contributed by atoms with Crippen LogP contribution in [-0.2, 0) is 0 Å². The van der Waals surface area contributed by atoms with Gasteiger partial charge in [-0.05, 0) is 24.3 Å². The highest BCUT2D eigenvalue weighted by molar-refractivity contribution is 5.88. The van der Waals surface area contributed by atoms with Crippen LogP contribution in [0.1, 0.15) is 0 Å². The smallest absolute Gasteiger partial charge is 0.163 e. The Morgan fingerprint density at radius 1 is 0.926 bits per heavy atom. The van der Waals surface area contributed by atoms with Crippen LogP contribution in [0.25, 0.3) is 21.8 Å². The van der Waals surface area contributed by atoms with E-state index in [4.69, 9.17) is 19.3 Å². The van der Waals surface area contributed by atoms with Crippen LogP contribution in [0.15, 0.2) is 60.9 Å². The van der Waals surface area contributed by atoms with Crippen molar-refractivity contribution in [1.82, 2.24) is 9.97 Å². The highest BCUT2D eigenvalue weighted by Crippen LogP contribution is 2.37. The van der Waals surface area contributed by atoms with E-state index in [0.717, 1.165) is 16.3 Å². The molecule has 0 unspecified atom stereocenters. The third kappa shape index (κ3) is 3.47. The van der Waals surface area contributed by atoms with E-state index in [9.17, 15) is 0 Å². The molecular weight excluding hydrogens is 344 g/mol. The maximum Gasteiger partial charge on any atom is 0.163 e. The standard InChI is InChI=1S/C21H18N2O4/c1-25-20-11-16-18(12-21(20)26-9-8-24)22-7-6-19(16)27-15-10-14-4-2-3-5-17(14)23-13-15/h2-7,10-13,24H,8-9H2,1H3. The van der Waals surface area contributed by atoms with Gasteiger partial charge >= 0.3 is 0 Å². The molecule has 4 rings (SSSR count). The zero-order valence-electron chi connectivity index (χ0n) is 14.8. The lowest BCUT2D eigenvalue weighted by atomic mass is 10.1. The van der Waals surface area contributed by atoms with Gasteiger partial charge in [-0.3, -0.25) is 9.97 Å². The number of nitrogens with zero attached hydrogens (tertiary/aromatic N) is 2. The molecule has 0 radical (unpaired) electrons. The van der Waals surface area contributed by atoms with Gasteiger partial charge in [-0.2, -0.15) is 0 Å². The van der Waals surface area contributed by atoms with Gasteiger partial charge in [-0.15, -0.1) is 0 Å². The second-order valence-corrected chi connectivity index (χ2v) is 5.87. The van der Waals surface area contributed by atoms with Crippen molar-refractivity contribution in [3.63, 3.8) is 0 Å². The molecule has 27 heavy (non-hydrogen) atoms. The summed E-state index contributed by atoms with van der Waals surface area (Å²) in [6.07, 6.45) is 3.37. The van der Waals surface area contributed by atoms with Gasteiger partial charge in [0.15, 0.2) is 11.5 Å². The SMILES string of the molecule is COc1cc2c(Oc3cnc4ccccc4c3)ccnc2cc1OCCO. The fourth-order valence-electron chi connectivity index (χ4n) is 2.88. The molecule has 0 aliphatic heterocycles. The summed E-state index contributed by atoms with van der Waals surface area (Å²) in [6.45, 7) is 0.105. The Kier molecular flexibility index (Phi) is 4.72. The number of methoxy groups -OCH3 is 1. The summed E-state index contributed by atoms with van der Waals surface area (Å²) in [4.78, 5) is 8.81. The summed E-state index contributed by atoms with van der Waals surface area (Å²) in [6, 6.07) is 15.2. The maximum atomic E-state index is 8.98. The van der Waals surface area contributed by atoms with Crippen LogP contribution in [0.4, 0.5) is 0 Å². The van der Waals surface area contributed by atoms with E-state index in [0.29, 0.717) is 28.5 Å². The normalized spacial score (nSPS) is 10.9. The Hall–Kier alpha value is -3.38. The molecule has 0 saturated carbocycles. The topological polar surface area (TPSA) is 73.7 Å². The van der Waals surface area contributed by atoms with Crippen LogP contribution in [0.3, 0.4) is 0 Å². The first-order valence-corrected chi connectivity index (χ1v) is 8.51. The van der Waals surface area contributed by atoms with Gasteiger partial charge in [0.1, 0.15) is 18.1 Å². The first-order chi connectivity index (χ1) is 13.3. The summed E-state index contributed by atoms with van der Waals surface area (Å²) in [7, 11) is 1.57. The van der Waals surface area contributed by atoms with Crippen molar-refractivity contribution in [2.75, 3.05) is 20.3 Å². The Morgan fingerprint density at radius 2 is 1.81 bits per heavy atom. The first kappa shape index (κ1) is 17.1. The number of aliphatic hydroxyl groups is 1. The molecule has 4 aromatic rings. The highest BCUT2D eigenvalue weighted by atomic mass is 16.5. The molecule has 2 aromatic carbocycles. The van der Waals surface area contributed by atoms with E-state index in [2.05, 4.69) is 9.97 Å². The Morgan fingerprint density at radius 3 is 2.67 bits per heavy atom. The molecule has 0 saturated heterocycles. The number of hydrogen-bond donors (Lipinski definition) is 1. The summed E-state index contributed by atoms with van der Waals surface area (Å²) >= 11 is 0. The number of para-hydroxylation sites is 1. The molecule has 0 bridgehead atoms. The van der Waals surface area contributed by atoms with E-state index in [-0.39, 0.29) is 13.2 Å². The second kappa shape index (κ2) is 7.47. The minimum atomic E-state index is -0.0767. The zero-order chi connectivity index (χ0) is 18.6. The van der Waals surface area contributed by atoms with E-state index < -0.39 is 0 Å². The Bertz CT molecular complexity index is 1100. The fourth-order valence-corrected chi connectivity index (χ4v) is 2.88. The number of pyridine rings is 2. The summed E-state index contributed by atoms with van der Waals surface area (Å²) < 4.78 is 17.0. The summed E-state index contributed by atoms with van der Waals surface area (Å²) in [5, 5.41) is 10.8. The van der Waals surface area contributed by atoms with Crippen LogP contribution in [-0.4, -0.2) is 35.4 Å². The summed E-state index contributed by atoms with van der Waals surface area (Å²) in [5.41, 5.74) is 1.62. The van der Waals surface area contributed by atoms with Crippen molar-refractivity contribution in [2.45, 2.75) is 0 Å². The number of aliphatic hydroxyl groups excluding tert-OH is 1. The number of ether oxygens (including phenoxy) is 3. The molecule has 6 heteroatoms. The third-order valence-electron chi connectivity index (χ3n) is 4.13. The molecule has 2 aromatic heterocycles. The van der Waals surface area contributed by atoms with Gasteiger partial charge in [0.05, 0.1) is 30.9 Å². The number of benzene rings is 2. The van der Waals surface area contributed by atoms with Gasteiger partial charge in [-0.25, -0.2) is 0 Å². The number of fused-ring (bicyclic) bond motifs is 2. The predicted octanol–water partition coefficient (Wildman–Crippen LogP) is 3.96. The van der Waals surface area contributed by atoms with Crippen molar-refractivity contribution in [2.24, 2.45) is 0 Å². The van der Waals surface area contributed by atoms with Crippen molar-refractivity contribution in [1.29, 1.82) is 0 Å². The van der Waals surface area contributed by atoms with Crippen molar-refractivity contribution in [3.05, 3.63) is 60.9 Å². The lowest BCUT2D eigenvalue weighted by molar-refractivity contribution is 0.196. The molecule has 0 aliphatic carbocycles. The Balaban J connectivity index is 1.74. The van der Waals surface area contributed by atoms with Crippen LogP contribution < -0.4 is 14.2 Å². The lowest BCUT2D eigenvalue weighted by Gasteiger charge is -2.13. The third-order valence-corrected chi connectivity index (χ3v) is 4.13. The fraction of sp³-hybridized carbons (Fsp3) is 0.143. The van der Waals surface area contributed by atoms with E-state index in [1.54, 1.807) is 31.6 Å². The van der Waals surface area contributed by atoms with E-state index in [1.165, 1.54) is 0 Å². The van der Waals surface area contributed by atoms with Crippen LogP contribution >= 0.6 is 0 Å². The van der Waals surface area contributed by atoms with Crippen molar-refractivity contribution < 1.29 is 19.3 Å². The van der Waals surface area contributed by atoms with Gasteiger partial charge in [0.25, 0.3) is 0 Å². The molecule has 1 N–H and O–H groups in total. The Labute approximate surface area is 156 Å². The minimum Gasteiger partial charge on any atom is -0.493 e. The average molecular weight is 362 g/mol. The van der Waals surface area contributed by atoms with Gasteiger partial charge < -0.3 is 19.3 Å². The largest absolute Gasteiger partial charge is 0.493 e. The van der Waals surface area contributed by atoms with Crippen molar-refractivity contribution in [3.8, 4) is 23.0 Å². The average Bonchev–Trinajstić information content (AvgIpc) is 2.71. The molecule has 0 atom stereocenters. The molecule has 2 heterocycles. The van der Waals surface area contributed by atoms with Crippen LogP contribution in [0.2, 0.25) is 0 Å². The van der Waals surface area contributed by atoms with E-state index in [1.807, 2.05) is 36.4 Å². The first-order valence-electron chi connectivity index (χ1n) is 8.51. The van der Waals surface area contributed by atoms with Gasteiger partial charge in [0, 0.05) is 23.0 Å². The number of rotatable bonds is 6. The zero-order valence-corrected chi connectivity index (χ0v) is 14.8.